The van der Waals surface area contributed by atoms with E-state index in [0.717, 1.165) is 6.07 Å². The summed E-state index contributed by atoms with van der Waals surface area (Å²) < 4.78 is 37.3. The summed E-state index contributed by atoms with van der Waals surface area (Å²) in [7, 11) is 1.49. The molecule has 15 heavy (non-hydrogen) atoms. The first-order valence-electron chi connectivity index (χ1n) is 4.48. The third kappa shape index (κ3) is 2.81. The summed E-state index contributed by atoms with van der Waals surface area (Å²) in [4.78, 5) is 7.30. The first-order valence-corrected chi connectivity index (χ1v) is 4.48. The summed E-state index contributed by atoms with van der Waals surface area (Å²) in [5.41, 5.74) is -0.535. The van der Waals surface area contributed by atoms with Crippen LogP contribution in [-0.4, -0.2) is 17.0 Å². The molecule has 0 spiro atoms. The van der Waals surface area contributed by atoms with Crippen LogP contribution in [0.4, 0.5) is 19.1 Å². The van der Waals surface area contributed by atoms with Crippen molar-refractivity contribution in [2.45, 2.75) is 25.9 Å². The minimum atomic E-state index is -4.43. The Labute approximate surface area is 85.7 Å². The lowest BCUT2D eigenvalue weighted by Gasteiger charge is -2.11. The molecule has 0 atom stereocenters. The lowest BCUT2D eigenvalue weighted by molar-refractivity contribution is -0.141. The van der Waals surface area contributed by atoms with Crippen LogP contribution in [-0.2, 0) is 6.18 Å². The van der Waals surface area contributed by atoms with Crippen molar-refractivity contribution in [1.29, 1.82) is 0 Å². The van der Waals surface area contributed by atoms with Crippen molar-refractivity contribution in [2.75, 3.05) is 12.4 Å². The van der Waals surface area contributed by atoms with Gasteiger partial charge in [-0.25, -0.2) is 9.97 Å². The van der Waals surface area contributed by atoms with E-state index in [-0.39, 0.29) is 11.9 Å². The third-order valence-electron chi connectivity index (χ3n) is 1.85. The largest absolute Gasteiger partial charge is 0.433 e. The van der Waals surface area contributed by atoms with Gasteiger partial charge in [-0.15, -0.1) is 0 Å². The fourth-order valence-corrected chi connectivity index (χ4v) is 1.02. The lowest BCUT2D eigenvalue weighted by Crippen LogP contribution is -2.12. The van der Waals surface area contributed by atoms with Gasteiger partial charge in [-0.05, 0) is 12.0 Å². The molecule has 6 heteroatoms. The van der Waals surface area contributed by atoms with Gasteiger partial charge in [0.1, 0.15) is 5.69 Å². The molecule has 0 aliphatic carbocycles. The summed E-state index contributed by atoms with van der Waals surface area (Å²) in [6.45, 7) is 3.56. The van der Waals surface area contributed by atoms with Crippen LogP contribution in [0.1, 0.15) is 31.2 Å². The molecule has 1 N–H and O–H groups in total. The van der Waals surface area contributed by atoms with Gasteiger partial charge in [0.05, 0.1) is 0 Å². The van der Waals surface area contributed by atoms with Gasteiger partial charge < -0.3 is 5.32 Å². The molecule has 0 fully saturated rings. The lowest BCUT2D eigenvalue weighted by atomic mass is 10.1. The summed E-state index contributed by atoms with van der Waals surface area (Å²) in [5, 5.41) is 2.51. The maximum absolute atomic E-state index is 12.4. The monoisotopic (exact) mass is 219 g/mol. The van der Waals surface area contributed by atoms with Crippen molar-refractivity contribution in [2.24, 2.45) is 0 Å². The number of hydrogen-bond acceptors (Lipinski definition) is 3. The van der Waals surface area contributed by atoms with Crippen LogP contribution < -0.4 is 5.32 Å². The number of anilines is 1. The van der Waals surface area contributed by atoms with Crippen molar-refractivity contribution in [3.8, 4) is 0 Å². The molecule has 0 saturated heterocycles. The summed E-state index contributed by atoms with van der Waals surface area (Å²) in [6, 6.07) is 0.978. The minimum Gasteiger partial charge on any atom is -0.357 e. The Morgan fingerprint density at radius 2 is 1.87 bits per heavy atom. The highest BCUT2D eigenvalue weighted by molar-refractivity contribution is 5.29. The van der Waals surface area contributed by atoms with Crippen LogP contribution in [0, 0.1) is 0 Å². The Kier molecular flexibility index (Phi) is 3.16. The SMILES string of the molecule is CNc1nc(C(C)C)cc(C(F)(F)F)n1. The van der Waals surface area contributed by atoms with E-state index < -0.39 is 11.9 Å². The summed E-state index contributed by atoms with van der Waals surface area (Å²) in [6.07, 6.45) is -4.43. The second kappa shape index (κ2) is 4.04. The number of halogens is 3. The standard InChI is InChI=1S/C9H12F3N3/c1-5(2)6-4-7(9(10,11)12)15-8(13-3)14-6/h4-5H,1-3H3,(H,13,14,15). The molecular formula is C9H12F3N3. The topological polar surface area (TPSA) is 37.8 Å². The zero-order valence-electron chi connectivity index (χ0n) is 8.68. The molecule has 0 amide bonds. The highest BCUT2D eigenvalue weighted by atomic mass is 19.4. The van der Waals surface area contributed by atoms with E-state index in [2.05, 4.69) is 15.3 Å². The van der Waals surface area contributed by atoms with Crippen LogP contribution in [0.25, 0.3) is 0 Å². The van der Waals surface area contributed by atoms with E-state index in [1.807, 2.05) is 0 Å². The van der Waals surface area contributed by atoms with E-state index >= 15 is 0 Å². The molecule has 3 nitrogen and oxygen atoms in total. The Bertz CT molecular complexity index is 347. The number of alkyl halides is 3. The second-order valence-corrected chi connectivity index (χ2v) is 3.40. The van der Waals surface area contributed by atoms with E-state index in [1.54, 1.807) is 13.8 Å². The fourth-order valence-electron chi connectivity index (χ4n) is 1.02. The average Bonchev–Trinajstić information content (AvgIpc) is 2.15. The second-order valence-electron chi connectivity index (χ2n) is 3.40. The van der Waals surface area contributed by atoms with E-state index in [1.165, 1.54) is 7.05 Å². The zero-order chi connectivity index (χ0) is 11.6. The Morgan fingerprint density at radius 3 is 2.27 bits per heavy atom. The molecule has 0 aliphatic heterocycles. The number of nitrogens with zero attached hydrogens (tertiary/aromatic N) is 2. The summed E-state index contributed by atoms with van der Waals surface area (Å²) >= 11 is 0. The molecule has 1 rings (SSSR count). The normalized spacial score (nSPS) is 11.9. The van der Waals surface area contributed by atoms with Gasteiger partial charge in [-0.2, -0.15) is 13.2 Å². The maximum atomic E-state index is 12.4. The quantitative estimate of drug-likeness (QED) is 0.830. The maximum Gasteiger partial charge on any atom is 0.433 e. The molecular weight excluding hydrogens is 207 g/mol. The van der Waals surface area contributed by atoms with Gasteiger partial charge in [0.2, 0.25) is 5.95 Å². The summed E-state index contributed by atoms with van der Waals surface area (Å²) in [5.74, 6) is -0.0743. The van der Waals surface area contributed by atoms with Gasteiger partial charge in [0.15, 0.2) is 0 Å². The van der Waals surface area contributed by atoms with Crippen molar-refractivity contribution in [1.82, 2.24) is 9.97 Å². The van der Waals surface area contributed by atoms with Gasteiger partial charge in [-0.1, -0.05) is 13.8 Å². The Hall–Kier alpha value is -1.33. The van der Waals surface area contributed by atoms with Crippen molar-refractivity contribution in [3.63, 3.8) is 0 Å². The zero-order valence-corrected chi connectivity index (χ0v) is 8.68. The highest BCUT2D eigenvalue weighted by Gasteiger charge is 2.33. The molecule has 0 radical (unpaired) electrons. The van der Waals surface area contributed by atoms with Gasteiger partial charge >= 0.3 is 6.18 Å². The molecule has 0 bridgehead atoms. The Morgan fingerprint density at radius 1 is 1.27 bits per heavy atom. The molecule has 84 valence electrons. The highest BCUT2D eigenvalue weighted by Crippen LogP contribution is 2.29. The van der Waals surface area contributed by atoms with Crippen LogP contribution in [0.3, 0.4) is 0 Å². The Balaban J connectivity index is 3.23. The minimum absolute atomic E-state index is 0.00600. The fraction of sp³-hybridized carbons (Fsp3) is 0.556. The molecule has 0 unspecified atom stereocenters. The van der Waals surface area contributed by atoms with E-state index in [4.69, 9.17) is 0 Å². The van der Waals surface area contributed by atoms with Gasteiger partial charge in [-0.3, -0.25) is 0 Å². The molecule has 1 aromatic rings. The average molecular weight is 219 g/mol. The molecule has 1 aromatic heterocycles. The van der Waals surface area contributed by atoms with Crippen LogP contribution in [0.5, 0.6) is 0 Å². The molecule has 0 aromatic carbocycles. The van der Waals surface area contributed by atoms with Gasteiger partial charge in [0.25, 0.3) is 0 Å². The predicted octanol–water partition coefficient (Wildman–Crippen LogP) is 2.66. The predicted molar refractivity (Wildman–Crippen MR) is 50.7 cm³/mol. The number of rotatable bonds is 2. The number of nitrogens with one attached hydrogen (secondary N) is 1. The smallest absolute Gasteiger partial charge is 0.357 e. The van der Waals surface area contributed by atoms with Crippen molar-refractivity contribution >= 4 is 5.95 Å². The van der Waals surface area contributed by atoms with E-state index in [0.29, 0.717) is 5.69 Å². The first-order chi connectivity index (χ1) is 6.84. The van der Waals surface area contributed by atoms with Crippen LogP contribution in [0.2, 0.25) is 0 Å². The van der Waals surface area contributed by atoms with E-state index in [9.17, 15) is 13.2 Å². The molecule has 0 saturated carbocycles. The third-order valence-corrected chi connectivity index (χ3v) is 1.85. The van der Waals surface area contributed by atoms with Gasteiger partial charge in [0, 0.05) is 12.7 Å². The number of aromatic nitrogens is 2. The van der Waals surface area contributed by atoms with Crippen LogP contribution in [0.15, 0.2) is 6.07 Å². The van der Waals surface area contributed by atoms with Crippen LogP contribution >= 0.6 is 0 Å². The number of hydrogen-bond donors (Lipinski definition) is 1. The van der Waals surface area contributed by atoms with Crippen molar-refractivity contribution < 1.29 is 13.2 Å². The van der Waals surface area contributed by atoms with Crippen molar-refractivity contribution in [3.05, 3.63) is 17.5 Å². The molecule has 0 aliphatic rings. The first kappa shape index (κ1) is 11.7. The molecule has 1 heterocycles.